The molecule has 0 aliphatic carbocycles. The van der Waals surface area contributed by atoms with Crippen molar-refractivity contribution in [3.05, 3.63) is 33.8 Å². The van der Waals surface area contributed by atoms with Crippen LogP contribution in [0.1, 0.15) is 36.2 Å². The molecule has 13 heavy (non-hydrogen) atoms. The number of hydrogen-bond acceptors (Lipinski definition) is 1. The second kappa shape index (κ2) is 4.56. The third-order valence-electron chi connectivity index (χ3n) is 2.06. The van der Waals surface area contributed by atoms with Crippen LogP contribution in [0.3, 0.4) is 0 Å². The monoisotopic (exact) mass is 240 g/mol. The molecule has 0 amide bonds. The lowest BCUT2D eigenvalue weighted by Crippen LogP contribution is -1.98. The van der Waals surface area contributed by atoms with Gasteiger partial charge in [-0.2, -0.15) is 0 Å². The molecule has 1 nitrogen and oxygen atoms in total. The Morgan fingerprint density at radius 3 is 2.62 bits per heavy atom. The van der Waals surface area contributed by atoms with Crippen molar-refractivity contribution in [3.63, 3.8) is 0 Å². The van der Waals surface area contributed by atoms with Gasteiger partial charge in [0.2, 0.25) is 0 Å². The summed E-state index contributed by atoms with van der Waals surface area (Å²) < 4.78 is 0.900. The highest BCUT2D eigenvalue weighted by molar-refractivity contribution is 9.10. The van der Waals surface area contributed by atoms with Gasteiger partial charge in [0.1, 0.15) is 0 Å². The highest BCUT2D eigenvalue weighted by Crippen LogP contribution is 2.20. The van der Waals surface area contributed by atoms with Gasteiger partial charge < -0.3 is 0 Å². The number of aryl methyl sites for hydroxylation is 1. The number of carbonyl (C=O) groups is 1. The average Bonchev–Trinajstić information content (AvgIpc) is 2.17. The summed E-state index contributed by atoms with van der Waals surface area (Å²) in [6, 6.07) is 5.95. The molecule has 0 heterocycles. The topological polar surface area (TPSA) is 17.1 Å². The van der Waals surface area contributed by atoms with Crippen molar-refractivity contribution in [1.82, 2.24) is 0 Å². The van der Waals surface area contributed by atoms with Gasteiger partial charge in [-0.3, -0.25) is 4.79 Å². The summed E-state index contributed by atoms with van der Waals surface area (Å²) in [4.78, 5) is 11.5. The van der Waals surface area contributed by atoms with Crippen LogP contribution in [0, 0.1) is 0 Å². The van der Waals surface area contributed by atoms with Gasteiger partial charge in [-0.05, 0) is 24.1 Å². The first-order chi connectivity index (χ1) is 6.19. The molecule has 0 N–H and O–H groups in total. The quantitative estimate of drug-likeness (QED) is 0.739. The SMILES string of the molecule is CCC(=O)c1cc(CC)ccc1Br. The molecule has 0 spiro atoms. The van der Waals surface area contributed by atoms with Crippen molar-refractivity contribution in [3.8, 4) is 0 Å². The van der Waals surface area contributed by atoms with Crippen LogP contribution in [0.5, 0.6) is 0 Å². The van der Waals surface area contributed by atoms with Crippen LogP contribution in [-0.4, -0.2) is 5.78 Å². The van der Waals surface area contributed by atoms with E-state index < -0.39 is 0 Å². The van der Waals surface area contributed by atoms with Gasteiger partial charge in [-0.25, -0.2) is 0 Å². The molecule has 70 valence electrons. The van der Waals surface area contributed by atoms with E-state index in [1.54, 1.807) is 0 Å². The fourth-order valence-electron chi connectivity index (χ4n) is 1.20. The third kappa shape index (κ3) is 2.41. The van der Waals surface area contributed by atoms with Crippen molar-refractivity contribution >= 4 is 21.7 Å². The fraction of sp³-hybridized carbons (Fsp3) is 0.364. The molecule has 0 saturated carbocycles. The molecule has 0 unspecified atom stereocenters. The maximum atomic E-state index is 11.5. The van der Waals surface area contributed by atoms with E-state index in [4.69, 9.17) is 0 Å². The summed E-state index contributed by atoms with van der Waals surface area (Å²) in [5, 5.41) is 0. The van der Waals surface area contributed by atoms with Gasteiger partial charge in [-0.1, -0.05) is 35.8 Å². The van der Waals surface area contributed by atoms with E-state index in [1.807, 2.05) is 25.1 Å². The zero-order valence-electron chi connectivity index (χ0n) is 7.93. The molecule has 0 fully saturated rings. The second-order valence-electron chi connectivity index (χ2n) is 2.94. The van der Waals surface area contributed by atoms with Crippen molar-refractivity contribution in [2.75, 3.05) is 0 Å². The number of hydrogen-bond donors (Lipinski definition) is 0. The number of benzene rings is 1. The Balaban J connectivity index is 3.11. The minimum absolute atomic E-state index is 0.196. The Labute approximate surface area is 87.3 Å². The number of Topliss-reactive ketones (excluding diaryl/α,β-unsaturated/α-hetero) is 1. The standard InChI is InChI=1S/C11H13BrO/c1-3-8-5-6-10(12)9(7-8)11(13)4-2/h5-7H,3-4H2,1-2H3. The normalized spacial score (nSPS) is 10.1. The molecular weight excluding hydrogens is 228 g/mol. The van der Waals surface area contributed by atoms with E-state index in [0.29, 0.717) is 6.42 Å². The van der Waals surface area contributed by atoms with Crippen molar-refractivity contribution in [1.29, 1.82) is 0 Å². The summed E-state index contributed by atoms with van der Waals surface area (Å²) in [7, 11) is 0. The maximum Gasteiger partial charge on any atom is 0.163 e. The first-order valence-electron chi connectivity index (χ1n) is 4.50. The molecule has 0 aliphatic rings. The first kappa shape index (κ1) is 10.5. The Morgan fingerprint density at radius 2 is 2.08 bits per heavy atom. The molecular formula is C11H13BrO. The summed E-state index contributed by atoms with van der Waals surface area (Å²) in [6.45, 7) is 3.97. The summed E-state index contributed by atoms with van der Waals surface area (Å²) in [6.07, 6.45) is 1.53. The molecule has 1 aromatic rings. The molecule has 1 aromatic carbocycles. The van der Waals surface area contributed by atoms with Gasteiger partial charge in [-0.15, -0.1) is 0 Å². The highest BCUT2D eigenvalue weighted by Gasteiger charge is 2.07. The van der Waals surface area contributed by atoms with E-state index in [0.717, 1.165) is 16.5 Å². The molecule has 1 rings (SSSR count). The van der Waals surface area contributed by atoms with Gasteiger partial charge >= 0.3 is 0 Å². The average molecular weight is 241 g/mol. The Kier molecular flexibility index (Phi) is 3.67. The highest BCUT2D eigenvalue weighted by atomic mass is 79.9. The van der Waals surface area contributed by atoms with E-state index >= 15 is 0 Å². The molecule has 2 heteroatoms. The predicted molar refractivity (Wildman–Crippen MR) is 58.1 cm³/mol. The Hall–Kier alpha value is -0.630. The maximum absolute atomic E-state index is 11.5. The molecule has 0 aromatic heterocycles. The van der Waals surface area contributed by atoms with E-state index in [-0.39, 0.29) is 5.78 Å². The smallest absolute Gasteiger partial charge is 0.163 e. The number of carbonyl (C=O) groups excluding carboxylic acids is 1. The minimum Gasteiger partial charge on any atom is -0.294 e. The van der Waals surface area contributed by atoms with Crippen LogP contribution in [-0.2, 0) is 6.42 Å². The van der Waals surface area contributed by atoms with E-state index in [2.05, 4.69) is 22.9 Å². The summed E-state index contributed by atoms with van der Waals surface area (Å²) in [5.74, 6) is 0.196. The zero-order chi connectivity index (χ0) is 9.84. The molecule has 0 atom stereocenters. The number of ketones is 1. The van der Waals surface area contributed by atoms with Crippen LogP contribution in [0.25, 0.3) is 0 Å². The molecule has 0 radical (unpaired) electrons. The Bertz CT molecular complexity index is 318. The molecule has 0 aliphatic heterocycles. The lowest BCUT2D eigenvalue weighted by atomic mass is 10.0. The number of rotatable bonds is 3. The van der Waals surface area contributed by atoms with Crippen molar-refractivity contribution < 1.29 is 4.79 Å². The largest absolute Gasteiger partial charge is 0.294 e. The zero-order valence-corrected chi connectivity index (χ0v) is 9.52. The van der Waals surface area contributed by atoms with E-state index in [1.165, 1.54) is 5.56 Å². The lowest BCUT2D eigenvalue weighted by molar-refractivity contribution is 0.0987. The van der Waals surface area contributed by atoms with Gasteiger partial charge in [0.15, 0.2) is 5.78 Å². The van der Waals surface area contributed by atoms with Crippen molar-refractivity contribution in [2.24, 2.45) is 0 Å². The lowest BCUT2D eigenvalue weighted by Gasteiger charge is -2.04. The summed E-state index contributed by atoms with van der Waals surface area (Å²) in [5.41, 5.74) is 2.02. The number of halogens is 1. The first-order valence-corrected chi connectivity index (χ1v) is 5.30. The third-order valence-corrected chi connectivity index (χ3v) is 2.75. The van der Waals surface area contributed by atoms with E-state index in [9.17, 15) is 4.79 Å². The summed E-state index contributed by atoms with van der Waals surface area (Å²) >= 11 is 3.38. The van der Waals surface area contributed by atoms with Crippen molar-refractivity contribution in [2.45, 2.75) is 26.7 Å². The minimum atomic E-state index is 0.196. The van der Waals surface area contributed by atoms with Gasteiger partial charge in [0.25, 0.3) is 0 Å². The fourth-order valence-corrected chi connectivity index (χ4v) is 1.66. The second-order valence-corrected chi connectivity index (χ2v) is 3.80. The van der Waals surface area contributed by atoms with Crippen LogP contribution >= 0.6 is 15.9 Å². The molecule has 0 saturated heterocycles. The van der Waals surface area contributed by atoms with Gasteiger partial charge in [0.05, 0.1) is 0 Å². The predicted octanol–water partition coefficient (Wildman–Crippen LogP) is 3.60. The van der Waals surface area contributed by atoms with Gasteiger partial charge in [0, 0.05) is 16.5 Å². The molecule has 0 bridgehead atoms. The Morgan fingerprint density at radius 1 is 1.38 bits per heavy atom. The van der Waals surface area contributed by atoms with Crippen LogP contribution in [0.15, 0.2) is 22.7 Å². The van der Waals surface area contributed by atoms with Crippen LogP contribution in [0.2, 0.25) is 0 Å². The van der Waals surface area contributed by atoms with Crippen LogP contribution < -0.4 is 0 Å². The van der Waals surface area contributed by atoms with Crippen LogP contribution in [0.4, 0.5) is 0 Å².